The van der Waals surface area contributed by atoms with E-state index in [4.69, 9.17) is 0 Å². The summed E-state index contributed by atoms with van der Waals surface area (Å²) < 4.78 is 61.3. The zero-order chi connectivity index (χ0) is 20.7. The highest BCUT2D eigenvalue weighted by Crippen LogP contribution is 2.32. The molecule has 2 heterocycles. The van der Waals surface area contributed by atoms with E-state index in [0.717, 1.165) is 18.2 Å². The lowest BCUT2D eigenvalue weighted by Gasteiger charge is -2.30. The lowest BCUT2D eigenvalue weighted by atomic mass is 9.92. The number of carbonyl (C=O) groups is 3. The van der Waals surface area contributed by atoms with E-state index >= 15 is 0 Å². The van der Waals surface area contributed by atoms with E-state index in [1.54, 1.807) is 0 Å². The van der Waals surface area contributed by atoms with Crippen LogP contribution in [0.15, 0.2) is 24.3 Å². The molecule has 1 spiro atoms. The number of carbonyl (C=O) groups excluding carboxylic acids is 3. The van der Waals surface area contributed by atoms with Crippen LogP contribution in [-0.4, -0.2) is 54.8 Å². The normalized spacial score (nSPS) is 20.9. The Labute approximate surface area is 158 Å². The predicted octanol–water partition coefficient (Wildman–Crippen LogP) is 1.14. The molecule has 0 bridgehead atoms. The highest BCUT2D eigenvalue weighted by Gasteiger charge is 2.53. The molecule has 0 aliphatic carbocycles. The quantitative estimate of drug-likeness (QED) is 0.714. The molecule has 3 rings (SSSR count). The van der Waals surface area contributed by atoms with Crippen LogP contribution in [0.2, 0.25) is 0 Å². The molecule has 0 aromatic heterocycles. The van der Waals surface area contributed by atoms with Gasteiger partial charge in [-0.15, -0.1) is 0 Å². The van der Waals surface area contributed by atoms with Crippen molar-refractivity contribution >= 4 is 33.4 Å². The Balaban J connectivity index is 1.68. The third kappa shape index (κ3) is 3.96. The lowest BCUT2D eigenvalue weighted by molar-refractivity contribution is -0.137. The molecule has 2 N–H and O–H groups in total. The van der Waals surface area contributed by atoms with E-state index in [9.17, 15) is 36.0 Å². The average molecular weight is 419 g/mol. The summed E-state index contributed by atoms with van der Waals surface area (Å²) in [6, 6.07) is 3.09. The number of hydrogen-bond acceptors (Lipinski definition) is 5. The highest BCUT2D eigenvalue weighted by molar-refractivity contribution is 7.91. The summed E-state index contributed by atoms with van der Waals surface area (Å²) in [5, 5.41) is 4.67. The van der Waals surface area contributed by atoms with Gasteiger partial charge in [0.25, 0.3) is 5.91 Å². The second-order valence-electron chi connectivity index (χ2n) is 6.68. The standard InChI is InChI=1S/C16H16F3N3O5S/c17-16(18,19)10-2-1-3-11(8-10)20-12(23)9-22-13(24)15(21-14(22)25)4-6-28(26,27)7-5-15/h1-3,8H,4-7,9H2,(H,20,23)(H,21,25). The number of alkyl halides is 3. The SMILES string of the molecule is O=C(CN1C(=O)NC2(CCS(=O)(=O)CC2)C1=O)Nc1cccc(C(F)(F)F)c1. The minimum Gasteiger partial charge on any atom is -0.325 e. The Morgan fingerprint density at radius 3 is 2.46 bits per heavy atom. The molecular formula is C16H16F3N3O5S. The fourth-order valence-electron chi connectivity index (χ4n) is 3.16. The molecule has 0 unspecified atom stereocenters. The van der Waals surface area contributed by atoms with Crippen LogP contribution in [0.4, 0.5) is 23.7 Å². The van der Waals surface area contributed by atoms with Crippen LogP contribution in [0, 0.1) is 0 Å². The van der Waals surface area contributed by atoms with E-state index < -0.39 is 51.5 Å². The summed E-state index contributed by atoms with van der Waals surface area (Å²) in [4.78, 5) is 37.5. The van der Waals surface area contributed by atoms with Gasteiger partial charge in [-0.25, -0.2) is 13.2 Å². The Hall–Kier alpha value is -2.63. The van der Waals surface area contributed by atoms with Crippen LogP contribution in [0.5, 0.6) is 0 Å². The molecule has 8 nitrogen and oxygen atoms in total. The number of imide groups is 1. The molecule has 2 aliphatic rings. The lowest BCUT2D eigenvalue weighted by Crippen LogP contribution is -2.52. The molecule has 12 heteroatoms. The van der Waals surface area contributed by atoms with Crippen molar-refractivity contribution in [2.75, 3.05) is 23.4 Å². The maximum Gasteiger partial charge on any atom is 0.416 e. The van der Waals surface area contributed by atoms with Gasteiger partial charge in [-0.2, -0.15) is 13.2 Å². The Bertz CT molecular complexity index is 931. The monoisotopic (exact) mass is 419 g/mol. The molecule has 0 atom stereocenters. The van der Waals surface area contributed by atoms with Crippen molar-refractivity contribution in [3.63, 3.8) is 0 Å². The Morgan fingerprint density at radius 2 is 1.86 bits per heavy atom. The van der Waals surface area contributed by atoms with Crippen molar-refractivity contribution in [1.29, 1.82) is 0 Å². The maximum atomic E-state index is 12.7. The summed E-state index contributed by atoms with van der Waals surface area (Å²) in [6.45, 7) is -0.699. The summed E-state index contributed by atoms with van der Waals surface area (Å²) in [7, 11) is -3.28. The summed E-state index contributed by atoms with van der Waals surface area (Å²) in [5.41, 5.74) is -2.45. The molecule has 2 saturated heterocycles. The number of benzene rings is 1. The van der Waals surface area contributed by atoms with Gasteiger partial charge in [-0.05, 0) is 31.0 Å². The highest BCUT2D eigenvalue weighted by atomic mass is 32.2. The number of hydrogen-bond donors (Lipinski definition) is 2. The fourth-order valence-corrected chi connectivity index (χ4v) is 4.69. The molecule has 4 amide bonds. The number of anilines is 1. The minimum atomic E-state index is -4.58. The molecular weight excluding hydrogens is 403 g/mol. The number of amides is 4. The van der Waals surface area contributed by atoms with Crippen molar-refractivity contribution in [2.24, 2.45) is 0 Å². The zero-order valence-corrected chi connectivity index (χ0v) is 15.2. The van der Waals surface area contributed by atoms with Crippen molar-refractivity contribution in [3.05, 3.63) is 29.8 Å². The van der Waals surface area contributed by atoms with Gasteiger partial charge < -0.3 is 10.6 Å². The van der Waals surface area contributed by atoms with Crippen molar-refractivity contribution in [2.45, 2.75) is 24.6 Å². The first-order valence-electron chi connectivity index (χ1n) is 8.24. The van der Waals surface area contributed by atoms with E-state index in [-0.39, 0.29) is 30.0 Å². The van der Waals surface area contributed by atoms with Gasteiger partial charge >= 0.3 is 12.2 Å². The molecule has 28 heavy (non-hydrogen) atoms. The van der Waals surface area contributed by atoms with Gasteiger partial charge in [0.15, 0.2) is 9.84 Å². The van der Waals surface area contributed by atoms with Crippen molar-refractivity contribution in [1.82, 2.24) is 10.2 Å². The third-order valence-electron chi connectivity index (χ3n) is 4.70. The largest absolute Gasteiger partial charge is 0.416 e. The summed E-state index contributed by atoms with van der Waals surface area (Å²) in [6.07, 6.45) is -4.77. The van der Waals surface area contributed by atoms with Crippen LogP contribution >= 0.6 is 0 Å². The first-order valence-corrected chi connectivity index (χ1v) is 10.1. The average Bonchev–Trinajstić information content (AvgIpc) is 2.82. The Kier molecular flexibility index (Phi) is 4.86. The summed E-state index contributed by atoms with van der Waals surface area (Å²) >= 11 is 0. The molecule has 1 aromatic carbocycles. The maximum absolute atomic E-state index is 12.7. The second kappa shape index (κ2) is 6.76. The van der Waals surface area contributed by atoms with E-state index in [1.807, 2.05) is 0 Å². The zero-order valence-electron chi connectivity index (χ0n) is 14.4. The number of halogens is 3. The van der Waals surface area contributed by atoms with Gasteiger partial charge in [0.1, 0.15) is 12.1 Å². The summed E-state index contributed by atoms with van der Waals surface area (Å²) in [5.74, 6) is -2.10. The Morgan fingerprint density at radius 1 is 1.21 bits per heavy atom. The number of rotatable bonds is 3. The minimum absolute atomic E-state index is 0.0916. The van der Waals surface area contributed by atoms with Gasteiger partial charge in [0.2, 0.25) is 5.91 Å². The third-order valence-corrected chi connectivity index (χ3v) is 6.35. The second-order valence-corrected chi connectivity index (χ2v) is 8.99. The molecule has 0 radical (unpaired) electrons. The molecule has 0 saturated carbocycles. The van der Waals surface area contributed by atoms with Gasteiger partial charge in [-0.1, -0.05) is 6.07 Å². The van der Waals surface area contributed by atoms with E-state index in [2.05, 4.69) is 10.6 Å². The van der Waals surface area contributed by atoms with Crippen LogP contribution in [0.3, 0.4) is 0 Å². The van der Waals surface area contributed by atoms with Crippen LogP contribution < -0.4 is 10.6 Å². The van der Waals surface area contributed by atoms with Gasteiger partial charge in [0, 0.05) is 5.69 Å². The smallest absolute Gasteiger partial charge is 0.325 e. The number of sulfone groups is 1. The molecule has 2 aliphatic heterocycles. The molecule has 1 aromatic rings. The number of nitrogens with one attached hydrogen (secondary N) is 2. The number of urea groups is 1. The van der Waals surface area contributed by atoms with Gasteiger partial charge in [-0.3, -0.25) is 14.5 Å². The first-order chi connectivity index (χ1) is 12.9. The topological polar surface area (TPSA) is 113 Å². The molecule has 2 fully saturated rings. The van der Waals surface area contributed by atoms with E-state index in [0.29, 0.717) is 4.90 Å². The predicted molar refractivity (Wildman–Crippen MR) is 90.9 cm³/mol. The first kappa shape index (κ1) is 20.1. The van der Waals surface area contributed by atoms with Crippen LogP contribution in [-0.2, 0) is 25.6 Å². The van der Waals surface area contributed by atoms with Gasteiger partial charge in [0.05, 0.1) is 17.1 Å². The van der Waals surface area contributed by atoms with Crippen LogP contribution in [0.1, 0.15) is 18.4 Å². The molecule has 152 valence electrons. The fraction of sp³-hybridized carbons (Fsp3) is 0.438. The van der Waals surface area contributed by atoms with Crippen LogP contribution in [0.25, 0.3) is 0 Å². The van der Waals surface area contributed by atoms with E-state index in [1.165, 1.54) is 6.07 Å². The van der Waals surface area contributed by atoms with Crippen molar-refractivity contribution < 1.29 is 36.0 Å². The number of nitrogens with zero attached hydrogens (tertiary/aromatic N) is 1. The van der Waals surface area contributed by atoms with Crippen molar-refractivity contribution in [3.8, 4) is 0 Å².